The van der Waals surface area contributed by atoms with Gasteiger partial charge in [0.25, 0.3) is 0 Å². The number of ketones is 1. The van der Waals surface area contributed by atoms with Crippen molar-refractivity contribution in [3.8, 4) is 0 Å². The minimum absolute atomic E-state index is 0.0101. The van der Waals surface area contributed by atoms with Crippen molar-refractivity contribution in [2.24, 2.45) is 0 Å². The quantitative estimate of drug-likeness (QED) is 0.345. The van der Waals surface area contributed by atoms with Crippen LogP contribution in [0, 0.1) is 0 Å². The maximum absolute atomic E-state index is 11.7. The Bertz CT molecular complexity index is 491. The lowest BCUT2D eigenvalue weighted by Gasteiger charge is -2.06. The van der Waals surface area contributed by atoms with Crippen LogP contribution >= 0.6 is 0 Å². The zero-order chi connectivity index (χ0) is 14.4. The van der Waals surface area contributed by atoms with Crippen LogP contribution in [0.1, 0.15) is 16.8 Å². The molecule has 6 heteroatoms. The van der Waals surface area contributed by atoms with Crippen LogP contribution in [-0.4, -0.2) is 25.5 Å². The highest BCUT2D eigenvalue weighted by Crippen LogP contribution is 2.14. The summed E-state index contributed by atoms with van der Waals surface area (Å²) in [5.74, 6) is -0.874. The molecule has 0 unspecified atom stereocenters. The maximum atomic E-state index is 11.7. The first-order chi connectivity index (χ1) is 8.93. The number of esters is 1. The fraction of sp³-hybridized carbons (Fsp3) is 0.231. The molecule has 0 aliphatic rings. The number of allylic oxidation sites excluding steroid dienone is 1. The third-order valence-electron chi connectivity index (χ3n) is 2.33. The molecule has 0 radical (unpaired) electrons. The van der Waals surface area contributed by atoms with Gasteiger partial charge in [0.15, 0.2) is 11.5 Å². The molecule has 0 atom stereocenters. The summed E-state index contributed by atoms with van der Waals surface area (Å²) in [7, 11) is 1.35. The topological polar surface area (TPSA) is 105 Å². The van der Waals surface area contributed by atoms with E-state index in [4.69, 9.17) is 16.2 Å². The van der Waals surface area contributed by atoms with Crippen LogP contribution < -0.4 is 11.5 Å². The number of ether oxygens (including phenoxy) is 2. The average Bonchev–Trinajstić information content (AvgIpc) is 2.36. The number of hydrogen-bond donors (Lipinski definition) is 2. The van der Waals surface area contributed by atoms with Gasteiger partial charge in [-0.2, -0.15) is 0 Å². The molecule has 1 rings (SSSR count). The zero-order valence-corrected chi connectivity index (χ0v) is 10.6. The van der Waals surface area contributed by atoms with Gasteiger partial charge < -0.3 is 20.9 Å². The summed E-state index contributed by atoms with van der Waals surface area (Å²) in [5.41, 5.74) is 12.1. The fourth-order valence-electron chi connectivity index (χ4n) is 1.37. The number of carbonyl (C=O) groups is 2. The summed E-state index contributed by atoms with van der Waals surface area (Å²) >= 11 is 0. The summed E-state index contributed by atoms with van der Waals surface area (Å²) in [5, 5.41) is 0. The number of methoxy groups -OCH3 is 1. The van der Waals surface area contributed by atoms with Crippen molar-refractivity contribution in [1.29, 1.82) is 0 Å². The lowest BCUT2D eigenvalue weighted by atomic mass is 10.2. The van der Waals surface area contributed by atoms with Crippen molar-refractivity contribution in [2.45, 2.75) is 6.42 Å². The largest absolute Gasteiger partial charge is 0.494 e. The smallest absolute Gasteiger partial charge is 0.338 e. The first kappa shape index (κ1) is 14.6. The van der Waals surface area contributed by atoms with E-state index >= 15 is 0 Å². The number of rotatable bonds is 6. The highest BCUT2D eigenvalue weighted by atomic mass is 16.5. The third-order valence-corrected chi connectivity index (χ3v) is 2.33. The Morgan fingerprint density at radius 1 is 1.21 bits per heavy atom. The number of nitrogen functional groups attached to an aromatic ring is 2. The summed E-state index contributed by atoms with van der Waals surface area (Å²) in [4.78, 5) is 23.0. The minimum Gasteiger partial charge on any atom is -0.494 e. The molecule has 102 valence electrons. The van der Waals surface area contributed by atoms with Gasteiger partial charge in [-0.25, -0.2) is 4.79 Å². The highest BCUT2D eigenvalue weighted by Gasteiger charge is 2.11. The number of Topliss-reactive ketones (excluding diaryl/α,β-unsaturated/α-hetero) is 1. The van der Waals surface area contributed by atoms with Gasteiger partial charge in [-0.3, -0.25) is 4.79 Å². The van der Waals surface area contributed by atoms with E-state index in [0.717, 1.165) is 0 Å². The molecule has 0 amide bonds. The van der Waals surface area contributed by atoms with Gasteiger partial charge in [-0.1, -0.05) is 6.58 Å². The SMILES string of the molecule is C=C(OC)C(=O)CCOC(=O)c1cc(N)cc(N)c1. The molecule has 0 spiro atoms. The monoisotopic (exact) mass is 264 g/mol. The normalized spacial score (nSPS) is 9.74. The lowest BCUT2D eigenvalue weighted by molar-refractivity contribution is -0.119. The fourth-order valence-corrected chi connectivity index (χ4v) is 1.37. The van der Waals surface area contributed by atoms with Gasteiger partial charge in [0.2, 0.25) is 0 Å². The second kappa shape index (κ2) is 6.44. The standard InChI is InChI=1S/C13H16N2O4/c1-8(18-2)12(16)3-4-19-13(17)9-5-10(14)7-11(15)6-9/h5-7H,1,3-4,14-15H2,2H3. The van der Waals surface area contributed by atoms with Gasteiger partial charge in [-0.05, 0) is 18.2 Å². The number of carbonyl (C=O) groups excluding carboxylic acids is 2. The van der Waals surface area contributed by atoms with E-state index in [0.29, 0.717) is 11.4 Å². The molecular weight excluding hydrogens is 248 g/mol. The number of nitrogens with two attached hydrogens (primary N) is 2. The van der Waals surface area contributed by atoms with E-state index < -0.39 is 5.97 Å². The van der Waals surface area contributed by atoms with Crippen molar-refractivity contribution in [2.75, 3.05) is 25.2 Å². The summed E-state index contributed by atoms with van der Waals surface area (Å²) < 4.78 is 9.60. The Morgan fingerprint density at radius 3 is 2.32 bits per heavy atom. The molecule has 0 bridgehead atoms. The van der Waals surface area contributed by atoms with Crippen LogP contribution in [0.15, 0.2) is 30.5 Å². The summed E-state index contributed by atoms with van der Waals surface area (Å²) in [6.45, 7) is 3.35. The molecule has 0 aromatic heterocycles. The molecule has 0 heterocycles. The molecule has 0 saturated carbocycles. The molecular formula is C13H16N2O4. The maximum Gasteiger partial charge on any atom is 0.338 e. The third kappa shape index (κ3) is 4.34. The van der Waals surface area contributed by atoms with Gasteiger partial charge in [0, 0.05) is 17.8 Å². The van der Waals surface area contributed by atoms with Gasteiger partial charge in [0.1, 0.15) is 0 Å². The Kier molecular flexibility index (Phi) is 4.93. The second-order valence-electron chi connectivity index (χ2n) is 3.82. The Labute approximate surface area is 111 Å². The first-order valence-corrected chi connectivity index (χ1v) is 5.53. The van der Waals surface area contributed by atoms with Crippen molar-refractivity contribution in [3.63, 3.8) is 0 Å². The summed E-state index contributed by atoms with van der Waals surface area (Å²) in [6, 6.07) is 4.44. The van der Waals surface area contributed by atoms with Crippen LogP contribution in [0.5, 0.6) is 0 Å². The highest BCUT2D eigenvalue weighted by molar-refractivity contribution is 5.94. The van der Waals surface area contributed by atoms with Crippen LogP contribution in [0.3, 0.4) is 0 Å². The number of benzene rings is 1. The van der Waals surface area contributed by atoms with Crippen molar-refractivity contribution >= 4 is 23.1 Å². The molecule has 1 aromatic carbocycles. The van der Waals surface area contributed by atoms with E-state index in [1.807, 2.05) is 0 Å². The average molecular weight is 264 g/mol. The zero-order valence-electron chi connectivity index (χ0n) is 10.6. The predicted molar refractivity (Wildman–Crippen MR) is 71.3 cm³/mol. The van der Waals surface area contributed by atoms with Crippen molar-refractivity contribution < 1.29 is 19.1 Å². The lowest BCUT2D eigenvalue weighted by Crippen LogP contribution is -2.12. The van der Waals surface area contributed by atoms with Gasteiger partial charge in [-0.15, -0.1) is 0 Å². The molecule has 0 fully saturated rings. The molecule has 19 heavy (non-hydrogen) atoms. The molecule has 4 N–H and O–H groups in total. The Morgan fingerprint density at radius 2 is 1.79 bits per heavy atom. The molecule has 0 aliphatic carbocycles. The van der Waals surface area contributed by atoms with Gasteiger partial charge >= 0.3 is 5.97 Å². The van der Waals surface area contributed by atoms with Crippen LogP contribution in [-0.2, 0) is 14.3 Å². The van der Waals surface area contributed by atoms with E-state index in [9.17, 15) is 9.59 Å². The van der Waals surface area contributed by atoms with E-state index in [1.165, 1.54) is 25.3 Å². The second-order valence-corrected chi connectivity index (χ2v) is 3.82. The molecule has 0 aliphatic heterocycles. The van der Waals surface area contributed by atoms with Gasteiger partial charge in [0.05, 0.1) is 19.3 Å². The van der Waals surface area contributed by atoms with Crippen molar-refractivity contribution in [1.82, 2.24) is 0 Å². The molecule has 1 aromatic rings. The van der Waals surface area contributed by atoms with E-state index in [1.54, 1.807) is 0 Å². The minimum atomic E-state index is -0.588. The Balaban J connectivity index is 2.52. The number of hydrogen-bond acceptors (Lipinski definition) is 6. The van der Waals surface area contributed by atoms with Crippen LogP contribution in [0.25, 0.3) is 0 Å². The van der Waals surface area contributed by atoms with E-state index in [2.05, 4.69) is 11.3 Å². The predicted octanol–water partition coefficient (Wildman–Crippen LogP) is 1.13. The van der Waals surface area contributed by atoms with E-state index in [-0.39, 0.29) is 30.1 Å². The first-order valence-electron chi connectivity index (χ1n) is 5.53. The van der Waals surface area contributed by atoms with Crippen LogP contribution in [0.4, 0.5) is 11.4 Å². The molecule has 0 saturated heterocycles. The number of anilines is 2. The van der Waals surface area contributed by atoms with Crippen molar-refractivity contribution in [3.05, 3.63) is 36.1 Å². The Hall–Kier alpha value is -2.50. The summed E-state index contributed by atoms with van der Waals surface area (Å²) in [6.07, 6.45) is 0.0101. The van der Waals surface area contributed by atoms with Crippen LogP contribution in [0.2, 0.25) is 0 Å². The molecule has 6 nitrogen and oxygen atoms in total.